The summed E-state index contributed by atoms with van der Waals surface area (Å²) in [5, 5.41) is 10.2. The summed E-state index contributed by atoms with van der Waals surface area (Å²) in [6.45, 7) is 14.1. The summed E-state index contributed by atoms with van der Waals surface area (Å²) in [7, 11) is 1.68. The Labute approximate surface area is 329 Å². The first-order chi connectivity index (χ1) is 26.5. The molecular formula is C48H47N2O4S+. The number of allylic oxidation sites excluding steroid dienone is 5. The zero-order valence-electron chi connectivity index (χ0n) is 32.2. The van der Waals surface area contributed by atoms with Crippen LogP contribution in [0.15, 0.2) is 131 Å². The highest BCUT2D eigenvalue weighted by molar-refractivity contribution is 8.03. The lowest BCUT2D eigenvalue weighted by Crippen LogP contribution is -2.32. The van der Waals surface area contributed by atoms with Crippen molar-refractivity contribution in [1.82, 2.24) is 0 Å². The molecule has 0 radical (unpaired) electrons. The van der Waals surface area contributed by atoms with Crippen LogP contribution < -0.4 is 14.4 Å². The van der Waals surface area contributed by atoms with Gasteiger partial charge >= 0.3 is 0 Å². The monoisotopic (exact) mass is 747 g/mol. The van der Waals surface area contributed by atoms with E-state index >= 15 is 0 Å². The maximum atomic E-state index is 14.5. The number of hydrogen-bond donors (Lipinski definition) is 1. The summed E-state index contributed by atoms with van der Waals surface area (Å²) in [5.41, 5.74) is 9.92. The van der Waals surface area contributed by atoms with Crippen LogP contribution in [0.25, 0.3) is 6.08 Å². The van der Waals surface area contributed by atoms with Crippen LogP contribution >= 0.6 is 11.8 Å². The first-order valence-electron chi connectivity index (χ1n) is 18.6. The smallest absolute Gasteiger partial charge is 0.210 e. The van der Waals surface area contributed by atoms with Crippen LogP contribution in [0.5, 0.6) is 11.5 Å². The lowest BCUT2D eigenvalue weighted by atomic mass is 9.78. The van der Waals surface area contributed by atoms with E-state index < -0.39 is 10.8 Å². The Morgan fingerprint density at radius 2 is 1.64 bits per heavy atom. The number of terminal acetylenes is 1. The van der Waals surface area contributed by atoms with Gasteiger partial charge in [0.15, 0.2) is 18.0 Å². The number of fused-ring (bicyclic) bond motifs is 2. The Morgan fingerprint density at radius 1 is 0.909 bits per heavy atom. The molecule has 0 atom stereocenters. The van der Waals surface area contributed by atoms with Crippen LogP contribution in [-0.2, 0) is 28.8 Å². The quantitative estimate of drug-likeness (QED) is 0.0836. The molecule has 2 aliphatic heterocycles. The van der Waals surface area contributed by atoms with Crippen molar-refractivity contribution in [3.8, 4) is 23.8 Å². The van der Waals surface area contributed by atoms with E-state index in [1.54, 1.807) is 7.11 Å². The van der Waals surface area contributed by atoms with Crippen LogP contribution in [-0.4, -0.2) is 47.2 Å². The number of carbonyl (C=O) groups is 1. The second-order valence-electron chi connectivity index (χ2n) is 15.0. The van der Waals surface area contributed by atoms with Gasteiger partial charge in [0.1, 0.15) is 18.1 Å². The Morgan fingerprint density at radius 3 is 2.33 bits per heavy atom. The Kier molecular flexibility index (Phi) is 10.5. The van der Waals surface area contributed by atoms with Crippen molar-refractivity contribution in [2.24, 2.45) is 0 Å². The minimum absolute atomic E-state index is 0.0262. The Bertz CT molecular complexity index is 2340. The largest absolute Gasteiger partial charge is 0.497 e. The van der Waals surface area contributed by atoms with Gasteiger partial charge in [-0.15, -0.1) is 18.2 Å². The predicted molar refractivity (Wildman–Crippen MR) is 225 cm³/mol. The lowest BCUT2D eigenvalue weighted by Gasteiger charge is -2.30. The van der Waals surface area contributed by atoms with E-state index in [1.165, 1.54) is 11.8 Å². The molecule has 0 bridgehead atoms. The molecule has 3 aliphatic rings. The van der Waals surface area contributed by atoms with E-state index in [0.29, 0.717) is 36.6 Å². The fourth-order valence-electron chi connectivity index (χ4n) is 7.88. The minimum Gasteiger partial charge on any atom is -0.497 e. The third-order valence-electron chi connectivity index (χ3n) is 10.9. The number of methoxy groups -OCH3 is 1. The van der Waals surface area contributed by atoms with Gasteiger partial charge < -0.3 is 19.5 Å². The third-order valence-corrected chi connectivity index (χ3v) is 12.0. The minimum atomic E-state index is -0.480. The number of anilines is 1. The van der Waals surface area contributed by atoms with Crippen molar-refractivity contribution in [3.05, 3.63) is 159 Å². The number of β-amino-alcohol motifs (C(OH)–C–C–N with tert-alkyl or cyclic N) is 1. The molecule has 4 aromatic carbocycles. The Balaban J connectivity index is 1.30. The summed E-state index contributed by atoms with van der Waals surface area (Å²) in [5.74, 6) is 4.72. The van der Waals surface area contributed by atoms with Gasteiger partial charge in [0, 0.05) is 62.7 Å². The SMILES string of the molecule is C#CCSC1=C(/C=C2\N(CCO)c3ccc(OCc4ccccc4)cc3C2(C)C)C(=O)/C1=C/C1=[N+](Cc2ccc(C=C)cc2)c2ccc(OC)cc2C1(C)C. The van der Waals surface area contributed by atoms with E-state index in [4.69, 9.17) is 15.9 Å². The van der Waals surface area contributed by atoms with Crippen molar-refractivity contribution in [2.45, 2.75) is 51.7 Å². The van der Waals surface area contributed by atoms with E-state index in [9.17, 15) is 9.90 Å². The van der Waals surface area contributed by atoms with E-state index in [2.05, 4.69) is 104 Å². The molecule has 1 aliphatic carbocycles. The highest BCUT2D eigenvalue weighted by Crippen LogP contribution is 2.51. The molecule has 1 N–H and O–H groups in total. The molecular weight excluding hydrogens is 701 g/mol. The zero-order valence-corrected chi connectivity index (χ0v) is 33.0. The van der Waals surface area contributed by atoms with Crippen LogP contribution in [0.1, 0.15) is 55.5 Å². The zero-order chi connectivity index (χ0) is 38.9. The summed E-state index contributed by atoms with van der Waals surface area (Å²) >= 11 is 1.52. The molecule has 0 saturated heterocycles. The number of benzene rings is 4. The number of carbonyl (C=O) groups excluding carboxylic acids is 1. The van der Waals surface area contributed by atoms with Gasteiger partial charge in [-0.25, -0.2) is 0 Å². The average Bonchev–Trinajstić information content (AvgIpc) is 3.53. The molecule has 0 spiro atoms. The van der Waals surface area contributed by atoms with Gasteiger partial charge in [-0.1, -0.05) is 87.0 Å². The molecule has 0 fully saturated rings. The molecule has 0 unspecified atom stereocenters. The predicted octanol–water partition coefficient (Wildman–Crippen LogP) is 9.30. The molecule has 0 amide bonds. The van der Waals surface area contributed by atoms with Crippen molar-refractivity contribution in [2.75, 3.05) is 30.9 Å². The summed E-state index contributed by atoms with van der Waals surface area (Å²) in [6, 6.07) is 30.8. The summed E-state index contributed by atoms with van der Waals surface area (Å²) in [4.78, 5) is 17.5. The third kappa shape index (κ3) is 6.97. The number of ether oxygens (including phenoxy) is 2. The highest BCUT2D eigenvalue weighted by atomic mass is 32.2. The first-order valence-corrected chi connectivity index (χ1v) is 19.5. The number of hydrogen-bond acceptors (Lipinski definition) is 6. The molecule has 0 aromatic heterocycles. The van der Waals surface area contributed by atoms with Crippen LogP contribution in [0, 0.1) is 12.3 Å². The molecule has 2 heterocycles. The average molecular weight is 748 g/mol. The van der Waals surface area contributed by atoms with Crippen LogP contribution in [0.2, 0.25) is 0 Å². The number of rotatable bonds is 13. The molecule has 55 heavy (non-hydrogen) atoms. The van der Waals surface area contributed by atoms with Gasteiger partial charge in [0.25, 0.3) is 0 Å². The normalized spacial score (nSPS) is 18.0. The van der Waals surface area contributed by atoms with Gasteiger partial charge in [-0.2, -0.15) is 4.58 Å². The molecule has 7 heteroatoms. The number of aliphatic hydroxyl groups is 1. The number of thioether (sulfide) groups is 1. The molecule has 6 nitrogen and oxygen atoms in total. The van der Waals surface area contributed by atoms with Gasteiger partial charge in [0.05, 0.1) is 24.9 Å². The maximum Gasteiger partial charge on any atom is 0.210 e. The van der Waals surface area contributed by atoms with Crippen molar-refractivity contribution in [1.29, 1.82) is 0 Å². The fourth-order valence-corrected chi connectivity index (χ4v) is 8.72. The van der Waals surface area contributed by atoms with Crippen LogP contribution in [0.3, 0.4) is 0 Å². The van der Waals surface area contributed by atoms with E-state index in [-0.39, 0.29) is 12.4 Å². The standard InChI is InChI=1S/C48H47N2O4S/c1-8-25-55-46-37(28-43-47(3,4)40-27-36(20-22-41(40)49(43)23-24-51)54-31-34-13-11-10-12-14-34)45(52)38(46)29-44-48(5,6)39-26-35(53-7)19-21-42(39)50(44)30-33-17-15-32(9-2)16-18-33/h1,9-22,26-29,51H,2,23-25,30-31H2,3-7H3/q+1. The first kappa shape index (κ1) is 37.8. The van der Waals surface area contributed by atoms with E-state index in [1.807, 2.05) is 54.6 Å². The molecule has 7 rings (SSSR count). The topological polar surface area (TPSA) is 62.0 Å². The molecule has 4 aromatic rings. The van der Waals surface area contributed by atoms with Crippen LogP contribution in [0.4, 0.5) is 11.4 Å². The second kappa shape index (κ2) is 15.3. The van der Waals surface area contributed by atoms with E-state index in [0.717, 1.165) is 67.0 Å². The highest BCUT2D eigenvalue weighted by Gasteiger charge is 2.47. The van der Waals surface area contributed by atoms with Crippen molar-refractivity contribution in [3.63, 3.8) is 0 Å². The maximum absolute atomic E-state index is 14.5. The van der Waals surface area contributed by atoms with Gasteiger partial charge in [-0.3, -0.25) is 4.79 Å². The van der Waals surface area contributed by atoms with Gasteiger partial charge in [-0.05, 0) is 66.9 Å². The summed E-state index contributed by atoms with van der Waals surface area (Å²) in [6.07, 6.45) is 11.7. The number of ketones is 1. The van der Waals surface area contributed by atoms with Gasteiger partial charge in [0.2, 0.25) is 5.69 Å². The summed E-state index contributed by atoms with van der Waals surface area (Å²) < 4.78 is 14.2. The number of aliphatic hydroxyl groups excluding tert-OH is 1. The Hall–Kier alpha value is -5.55. The number of nitrogens with zero attached hydrogens (tertiary/aromatic N) is 2. The molecule has 278 valence electrons. The van der Waals surface area contributed by atoms with Crippen molar-refractivity contribution < 1.29 is 24.0 Å². The number of Topliss-reactive ketones (excluding diaryl/α,β-unsaturated/α-hetero) is 1. The molecule has 0 saturated carbocycles. The second-order valence-corrected chi connectivity index (χ2v) is 16.0. The fraction of sp³-hybridized carbons (Fsp3) is 0.250. The van der Waals surface area contributed by atoms with Crippen molar-refractivity contribution >= 4 is 40.7 Å². The lowest BCUT2D eigenvalue weighted by molar-refractivity contribution is -0.455.